The molecule has 2 heterocycles. The van der Waals surface area contributed by atoms with Gasteiger partial charge in [-0.2, -0.15) is 0 Å². The second kappa shape index (κ2) is 6.15. The molecule has 0 radical (unpaired) electrons. The van der Waals surface area contributed by atoms with Crippen molar-refractivity contribution in [3.05, 3.63) is 47.4 Å². The minimum absolute atomic E-state index is 0.0487. The van der Waals surface area contributed by atoms with Gasteiger partial charge in [-0.15, -0.1) is 10.2 Å². The second-order valence-corrected chi connectivity index (χ2v) is 5.22. The van der Waals surface area contributed by atoms with Gasteiger partial charge in [0.05, 0.1) is 0 Å². The third kappa shape index (κ3) is 3.20. The highest BCUT2D eigenvalue weighted by atomic mass is 19.1. The smallest absolute Gasteiger partial charge is 0.311 e. The fourth-order valence-corrected chi connectivity index (χ4v) is 2.43. The van der Waals surface area contributed by atoms with Crippen LogP contribution in [0.25, 0.3) is 0 Å². The number of hydrogen-bond donors (Lipinski definition) is 0. The van der Waals surface area contributed by atoms with Gasteiger partial charge in [-0.05, 0) is 18.2 Å². The molecule has 7 nitrogen and oxygen atoms in total. The van der Waals surface area contributed by atoms with E-state index in [4.69, 9.17) is 4.42 Å². The Morgan fingerprint density at radius 2 is 1.74 bits per heavy atom. The zero-order valence-corrected chi connectivity index (χ0v) is 12.5. The highest BCUT2D eigenvalue weighted by Gasteiger charge is 2.28. The topological polar surface area (TPSA) is 79.5 Å². The number of carbonyl (C=O) groups excluding carboxylic acids is 2. The summed E-state index contributed by atoms with van der Waals surface area (Å²) < 4.78 is 18.3. The van der Waals surface area contributed by atoms with Gasteiger partial charge in [0.15, 0.2) is 0 Å². The van der Waals surface area contributed by atoms with Crippen LogP contribution in [0.2, 0.25) is 0 Å². The summed E-state index contributed by atoms with van der Waals surface area (Å²) in [5.74, 6) is -0.759. The summed E-state index contributed by atoms with van der Waals surface area (Å²) in [7, 11) is 0. The van der Waals surface area contributed by atoms with Gasteiger partial charge in [-0.1, -0.05) is 6.07 Å². The quantitative estimate of drug-likeness (QED) is 0.829. The minimum atomic E-state index is -0.448. The first-order chi connectivity index (χ1) is 11.0. The Balaban J connectivity index is 1.62. The molecule has 2 aromatic rings. The van der Waals surface area contributed by atoms with Gasteiger partial charge in [0, 0.05) is 38.7 Å². The molecule has 1 aromatic heterocycles. The van der Waals surface area contributed by atoms with E-state index in [-0.39, 0.29) is 17.7 Å². The lowest BCUT2D eigenvalue weighted by Gasteiger charge is -2.34. The molecule has 0 saturated carbocycles. The normalized spacial score (nSPS) is 14.9. The van der Waals surface area contributed by atoms with E-state index >= 15 is 0 Å². The van der Waals surface area contributed by atoms with Gasteiger partial charge < -0.3 is 14.2 Å². The summed E-state index contributed by atoms with van der Waals surface area (Å²) in [6, 6.07) is 5.57. The highest BCUT2D eigenvalue weighted by molar-refractivity contribution is 5.94. The van der Waals surface area contributed by atoms with Crippen LogP contribution >= 0.6 is 0 Å². The molecule has 1 aliphatic rings. The van der Waals surface area contributed by atoms with Crippen LogP contribution in [0.15, 0.2) is 28.7 Å². The van der Waals surface area contributed by atoms with Crippen LogP contribution < -0.4 is 0 Å². The van der Waals surface area contributed by atoms with Crippen molar-refractivity contribution in [2.24, 2.45) is 0 Å². The van der Waals surface area contributed by atoms with E-state index < -0.39 is 5.82 Å². The number of nitrogens with zero attached hydrogens (tertiary/aromatic N) is 4. The van der Waals surface area contributed by atoms with Gasteiger partial charge in [0.25, 0.3) is 5.91 Å². The van der Waals surface area contributed by atoms with Crippen LogP contribution in [0.4, 0.5) is 4.39 Å². The van der Waals surface area contributed by atoms with Gasteiger partial charge in [-0.25, -0.2) is 4.39 Å². The maximum absolute atomic E-state index is 13.2. The molecule has 0 atom stereocenters. The molecule has 1 aromatic carbocycles. The SMILES string of the molecule is Cc1nnc(C(=O)N2CCN(C(=O)c3cccc(F)c3)CC2)o1. The van der Waals surface area contributed by atoms with Gasteiger partial charge in [-0.3, -0.25) is 9.59 Å². The Labute approximate surface area is 131 Å². The average Bonchev–Trinajstić information content (AvgIpc) is 3.00. The summed E-state index contributed by atoms with van der Waals surface area (Å²) >= 11 is 0. The number of rotatable bonds is 2. The number of carbonyl (C=O) groups is 2. The minimum Gasteiger partial charge on any atom is -0.417 e. The molecule has 120 valence electrons. The number of amides is 2. The predicted molar refractivity (Wildman–Crippen MR) is 77.2 cm³/mol. The zero-order valence-electron chi connectivity index (χ0n) is 12.5. The molecule has 23 heavy (non-hydrogen) atoms. The summed E-state index contributed by atoms with van der Waals surface area (Å²) in [4.78, 5) is 27.7. The Hall–Kier alpha value is -2.77. The van der Waals surface area contributed by atoms with Crippen LogP contribution in [-0.4, -0.2) is 58.0 Å². The largest absolute Gasteiger partial charge is 0.417 e. The number of hydrogen-bond acceptors (Lipinski definition) is 5. The van der Waals surface area contributed by atoms with E-state index in [1.165, 1.54) is 18.2 Å². The second-order valence-electron chi connectivity index (χ2n) is 5.22. The van der Waals surface area contributed by atoms with E-state index in [1.54, 1.807) is 22.8 Å². The zero-order chi connectivity index (χ0) is 16.4. The summed E-state index contributed by atoms with van der Waals surface area (Å²) in [5, 5.41) is 7.33. The third-order valence-corrected chi connectivity index (χ3v) is 3.63. The number of benzene rings is 1. The van der Waals surface area contributed by atoms with Crippen molar-refractivity contribution in [2.75, 3.05) is 26.2 Å². The van der Waals surface area contributed by atoms with Crippen molar-refractivity contribution >= 4 is 11.8 Å². The van der Waals surface area contributed by atoms with Crippen molar-refractivity contribution in [1.29, 1.82) is 0 Å². The van der Waals surface area contributed by atoms with E-state index in [9.17, 15) is 14.0 Å². The maximum Gasteiger partial charge on any atom is 0.311 e. The van der Waals surface area contributed by atoms with Crippen molar-refractivity contribution in [2.45, 2.75) is 6.92 Å². The molecule has 8 heteroatoms. The lowest BCUT2D eigenvalue weighted by molar-refractivity contribution is 0.0512. The number of aromatic nitrogens is 2. The standard InChI is InChI=1S/C15H15FN4O3/c1-10-17-18-13(23-10)15(22)20-7-5-19(6-8-20)14(21)11-3-2-4-12(16)9-11/h2-4,9H,5-8H2,1H3. The molecular weight excluding hydrogens is 303 g/mol. The Kier molecular flexibility index (Phi) is 4.05. The first-order valence-corrected chi connectivity index (χ1v) is 7.19. The summed E-state index contributed by atoms with van der Waals surface area (Å²) in [6.07, 6.45) is 0. The van der Waals surface area contributed by atoms with Crippen molar-refractivity contribution < 1.29 is 18.4 Å². The monoisotopic (exact) mass is 318 g/mol. The lowest BCUT2D eigenvalue weighted by Crippen LogP contribution is -2.50. The summed E-state index contributed by atoms with van der Waals surface area (Å²) in [6.45, 7) is 3.07. The molecule has 0 unspecified atom stereocenters. The molecule has 0 aliphatic carbocycles. The first kappa shape index (κ1) is 15.1. The average molecular weight is 318 g/mol. The van der Waals surface area contributed by atoms with Crippen LogP contribution in [0, 0.1) is 12.7 Å². The van der Waals surface area contributed by atoms with E-state index in [2.05, 4.69) is 10.2 Å². The molecule has 1 aliphatic heterocycles. The van der Waals surface area contributed by atoms with E-state index in [1.807, 2.05) is 0 Å². The first-order valence-electron chi connectivity index (χ1n) is 7.19. The fraction of sp³-hybridized carbons (Fsp3) is 0.333. The summed E-state index contributed by atoms with van der Waals surface area (Å²) in [5.41, 5.74) is 0.303. The van der Waals surface area contributed by atoms with Crippen molar-refractivity contribution in [3.8, 4) is 0 Å². The molecule has 3 rings (SSSR count). The van der Waals surface area contributed by atoms with Crippen molar-refractivity contribution in [1.82, 2.24) is 20.0 Å². The van der Waals surface area contributed by atoms with Gasteiger partial charge in [0.1, 0.15) is 5.82 Å². The fourth-order valence-electron chi connectivity index (χ4n) is 2.43. The lowest BCUT2D eigenvalue weighted by atomic mass is 10.1. The van der Waals surface area contributed by atoms with Gasteiger partial charge >= 0.3 is 11.8 Å². The van der Waals surface area contributed by atoms with E-state index in [0.717, 1.165) is 0 Å². The molecule has 0 spiro atoms. The van der Waals surface area contributed by atoms with Crippen molar-refractivity contribution in [3.63, 3.8) is 0 Å². The molecule has 0 N–H and O–H groups in total. The molecule has 2 amide bonds. The van der Waals surface area contributed by atoms with Crippen LogP contribution in [0.5, 0.6) is 0 Å². The highest BCUT2D eigenvalue weighted by Crippen LogP contribution is 2.12. The Bertz CT molecular complexity index is 738. The molecule has 1 saturated heterocycles. The molecule has 0 bridgehead atoms. The van der Waals surface area contributed by atoms with Gasteiger partial charge in [0.2, 0.25) is 5.89 Å². The predicted octanol–water partition coefficient (Wildman–Crippen LogP) is 1.12. The van der Waals surface area contributed by atoms with Crippen LogP contribution in [0.1, 0.15) is 26.9 Å². The van der Waals surface area contributed by atoms with Crippen LogP contribution in [0.3, 0.4) is 0 Å². The number of halogens is 1. The molecule has 1 fully saturated rings. The third-order valence-electron chi connectivity index (χ3n) is 3.63. The molecular formula is C15H15FN4O3. The Morgan fingerprint density at radius 1 is 1.09 bits per heavy atom. The maximum atomic E-state index is 13.2. The van der Waals surface area contributed by atoms with E-state index in [0.29, 0.717) is 37.6 Å². The van der Waals surface area contributed by atoms with Crippen LogP contribution in [-0.2, 0) is 0 Å². The number of piperazine rings is 1. The Morgan fingerprint density at radius 3 is 2.30 bits per heavy atom. The number of aryl methyl sites for hydroxylation is 1.